The van der Waals surface area contributed by atoms with Crippen molar-refractivity contribution < 1.29 is 4.79 Å². The first-order valence-electron chi connectivity index (χ1n) is 8.54. The molecule has 0 radical (unpaired) electrons. The van der Waals surface area contributed by atoms with E-state index in [1.165, 1.54) is 19.3 Å². The number of carbonyl (C=O) groups is 1. The van der Waals surface area contributed by atoms with Crippen LogP contribution in [-0.2, 0) is 6.54 Å². The van der Waals surface area contributed by atoms with Gasteiger partial charge in [0.05, 0.1) is 6.54 Å². The number of likely N-dealkylation sites (tertiary alicyclic amines) is 1. The monoisotopic (exact) mass is 316 g/mol. The van der Waals surface area contributed by atoms with Gasteiger partial charge in [0.15, 0.2) is 5.96 Å². The van der Waals surface area contributed by atoms with Gasteiger partial charge in [0, 0.05) is 24.7 Å². The van der Waals surface area contributed by atoms with Crippen molar-refractivity contribution in [1.29, 1.82) is 0 Å². The molecule has 1 aromatic rings. The van der Waals surface area contributed by atoms with Crippen molar-refractivity contribution in [1.82, 2.24) is 10.2 Å². The fourth-order valence-corrected chi connectivity index (χ4v) is 2.62. The standard InChI is InChI=1S/C18H28N4O/c1-3-14(2)21-17(23)16-9-7-8-15(12-16)13-20-18(19)22-10-5-4-6-11-22/h7-9,12,14H,3-6,10-11,13H2,1-2H3,(H2,19,20)(H,21,23). The van der Waals surface area contributed by atoms with Gasteiger partial charge in [-0.1, -0.05) is 19.1 Å². The molecular formula is C18H28N4O. The lowest BCUT2D eigenvalue weighted by Crippen LogP contribution is -2.40. The molecule has 0 spiro atoms. The van der Waals surface area contributed by atoms with Gasteiger partial charge in [-0.25, -0.2) is 4.99 Å². The average molecular weight is 316 g/mol. The summed E-state index contributed by atoms with van der Waals surface area (Å²) in [5, 5.41) is 2.98. The molecule has 0 aromatic heterocycles. The van der Waals surface area contributed by atoms with E-state index >= 15 is 0 Å². The summed E-state index contributed by atoms with van der Waals surface area (Å²) in [6, 6.07) is 7.78. The van der Waals surface area contributed by atoms with E-state index in [1.807, 2.05) is 31.2 Å². The third-order valence-corrected chi connectivity index (χ3v) is 4.28. The molecule has 3 N–H and O–H groups in total. The molecule has 1 saturated heterocycles. The lowest BCUT2D eigenvalue weighted by molar-refractivity contribution is 0.0939. The summed E-state index contributed by atoms with van der Waals surface area (Å²) in [6.45, 7) is 6.55. The number of piperidine rings is 1. The van der Waals surface area contributed by atoms with Gasteiger partial charge in [-0.15, -0.1) is 0 Å². The van der Waals surface area contributed by atoms with Crippen LogP contribution in [0.15, 0.2) is 29.3 Å². The van der Waals surface area contributed by atoms with E-state index in [1.54, 1.807) is 0 Å². The van der Waals surface area contributed by atoms with Crippen LogP contribution in [0.4, 0.5) is 0 Å². The lowest BCUT2D eigenvalue weighted by Gasteiger charge is -2.27. The number of aliphatic imine (C=N–C) groups is 1. The Morgan fingerprint density at radius 3 is 2.78 bits per heavy atom. The van der Waals surface area contributed by atoms with Gasteiger partial charge >= 0.3 is 0 Å². The molecule has 23 heavy (non-hydrogen) atoms. The Hall–Kier alpha value is -2.04. The fraction of sp³-hybridized carbons (Fsp3) is 0.556. The maximum atomic E-state index is 12.2. The van der Waals surface area contributed by atoms with E-state index in [4.69, 9.17) is 5.73 Å². The molecule has 1 amide bonds. The molecule has 1 heterocycles. The van der Waals surface area contributed by atoms with Crippen LogP contribution in [0.25, 0.3) is 0 Å². The summed E-state index contributed by atoms with van der Waals surface area (Å²) >= 11 is 0. The van der Waals surface area contributed by atoms with Crippen molar-refractivity contribution in [3.05, 3.63) is 35.4 Å². The molecule has 2 rings (SSSR count). The minimum atomic E-state index is -0.0332. The number of nitrogens with two attached hydrogens (primary N) is 1. The summed E-state index contributed by atoms with van der Waals surface area (Å²) in [5.41, 5.74) is 7.75. The lowest BCUT2D eigenvalue weighted by atomic mass is 10.1. The van der Waals surface area contributed by atoms with Crippen LogP contribution in [0.1, 0.15) is 55.5 Å². The molecule has 126 valence electrons. The van der Waals surface area contributed by atoms with E-state index in [2.05, 4.69) is 22.1 Å². The smallest absolute Gasteiger partial charge is 0.251 e. The number of nitrogens with one attached hydrogen (secondary N) is 1. The van der Waals surface area contributed by atoms with Gasteiger partial charge in [0.2, 0.25) is 0 Å². The Balaban J connectivity index is 1.97. The van der Waals surface area contributed by atoms with Crippen LogP contribution in [0, 0.1) is 0 Å². The quantitative estimate of drug-likeness (QED) is 0.648. The van der Waals surface area contributed by atoms with Gasteiger partial charge in [0.1, 0.15) is 0 Å². The molecule has 0 saturated carbocycles. The molecule has 1 fully saturated rings. The third-order valence-electron chi connectivity index (χ3n) is 4.28. The molecule has 1 unspecified atom stereocenters. The normalized spacial score (nSPS) is 17.0. The minimum absolute atomic E-state index is 0.0332. The Morgan fingerprint density at radius 2 is 2.09 bits per heavy atom. The Morgan fingerprint density at radius 1 is 1.35 bits per heavy atom. The summed E-state index contributed by atoms with van der Waals surface area (Å²) in [6.07, 6.45) is 4.56. The highest BCUT2D eigenvalue weighted by atomic mass is 16.1. The van der Waals surface area contributed by atoms with Gasteiger partial charge in [-0.2, -0.15) is 0 Å². The van der Waals surface area contributed by atoms with Gasteiger partial charge in [-0.3, -0.25) is 4.79 Å². The second-order valence-electron chi connectivity index (χ2n) is 6.21. The number of benzene rings is 1. The maximum Gasteiger partial charge on any atom is 0.251 e. The van der Waals surface area contributed by atoms with Crippen molar-refractivity contribution in [3.63, 3.8) is 0 Å². The summed E-state index contributed by atoms with van der Waals surface area (Å²) < 4.78 is 0. The van der Waals surface area contributed by atoms with Crippen LogP contribution >= 0.6 is 0 Å². The van der Waals surface area contributed by atoms with Crippen LogP contribution in [0.5, 0.6) is 0 Å². The Kier molecular flexibility index (Phi) is 6.44. The predicted molar refractivity (Wildman–Crippen MR) is 94.4 cm³/mol. The number of hydrogen-bond acceptors (Lipinski definition) is 2. The average Bonchev–Trinajstić information content (AvgIpc) is 2.60. The topological polar surface area (TPSA) is 70.7 Å². The van der Waals surface area contributed by atoms with Crippen LogP contribution in [0.3, 0.4) is 0 Å². The van der Waals surface area contributed by atoms with Crippen molar-refractivity contribution in [2.24, 2.45) is 10.7 Å². The summed E-state index contributed by atoms with van der Waals surface area (Å²) in [7, 11) is 0. The fourth-order valence-electron chi connectivity index (χ4n) is 2.62. The SMILES string of the molecule is CCC(C)NC(=O)c1cccc(CN=C(N)N2CCCCC2)c1. The molecule has 0 aliphatic carbocycles. The molecule has 1 aliphatic rings. The zero-order chi connectivity index (χ0) is 16.7. The molecule has 5 nitrogen and oxygen atoms in total. The highest BCUT2D eigenvalue weighted by Gasteiger charge is 2.12. The van der Waals surface area contributed by atoms with Crippen molar-refractivity contribution in [2.75, 3.05) is 13.1 Å². The van der Waals surface area contributed by atoms with Gasteiger partial charge in [0.25, 0.3) is 5.91 Å². The highest BCUT2D eigenvalue weighted by Crippen LogP contribution is 2.10. The van der Waals surface area contributed by atoms with Crippen LogP contribution < -0.4 is 11.1 Å². The molecule has 0 bridgehead atoms. The van der Waals surface area contributed by atoms with E-state index < -0.39 is 0 Å². The highest BCUT2D eigenvalue weighted by molar-refractivity contribution is 5.94. The van der Waals surface area contributed by atoms with Crippen molar-refractivity contribution in [2.45, 2.75) is 52.1 Å². The zero-order valence-corrected chi connectivity index (χ0v) is 14.2. The summed E-state index contributed by atoms with van der Waals surface area (Å²) in [4.78, 5) is 18.8. The first-order chi connectivity index (χ1) is 11.1. The molecule has 5 heteroatoms. The molecular weight excluding hydrogens is 288 g/mol. The predicted octanol–water partition coefficient (Wildman–Crippen LogP) is 2.52. The summed E-state index contributed by atoms with van der Waals surface area (Å²) in [5.74, 6) is 0.577. The van der Waals surface area contributed by atoms with E-state index in [0.717, 1.165) is 25.1 Å². The first-order valence-corrected chi connectivity index (χ1v) is 8.54. The first kappa shape index (κ1) is 17.3. The van der Waals surface area contributed by atoms with E-state index in [-0.39, 0.29) is 11.9 Å². The number of hydrogen-bond donors (Lipinski definition) is 2. The molecule has 1 atom stereocenters. The van der Waals surface area contributed by atoms with Crippen LogP contribution in [0.2, 0.25) is 0 Å². The largest absolute Gasteiger partial charge is 0.370 e. The minimum Gasteiger partial charge on any atom is -0.370 e. The number of nitrogens with zero attached hydrogens (tertiary/aromatic N) is 2. The number of amides is 1. The molecule has 1 aliphatic heterocycles. The van der Waals surface area contributed by atoms with Gasteiger partial charge in [-0.05, 0) is 50.3 Å². The van der Waals surface area contributed by atoms with Gasteiger partial charge < -0.3 is 16.0 Å². The maximum absolute atomic E-state index is 12.2. The zero-order valence-electron chi connectivity index (χ0n) is 14.2. The Bertz CT molecular complexity index is 550. The number of guanidine groups is 1. The number of rotatable bonds is 5. The second-order valence-corrected chi connectivity index (χ2v) is 6.21. The number of carbonyl (C=O) groups excluding carboxylic acids is 1. The Labute approximate surface area is 139 Å². The van der Waals surface area contributed by atoms with Crippen molar-refractivity contribution in [3.8, 4) is 0 Å². The third kappa shape index (κ3) is 5.27. The van der Waals surface area contributed by atoms with E-state index in [9.17, 15) is 4.79 Å². The second kappa shape index (κ2) is 8.56. The molecule has 1 aromatic carbocycles. The van der Waals surface area contributed by atoms with Crippen molar-refractivity contribution >= 4 is 11.9 Å². The van der Waals surface area contributed by atoms with Crippen LogP contribution in [-0.4, -0.2) is 35.9 Å². The van der Waals surface area contributed by atoms with E-state index in [0.29, 0.717) is 18.1 Å².